The molecule has 0 saturated carbocycles. The number of anilines is 4. The van der Waals surface area contributed by atoms with Gasteiger partial charge in [0.25, 0.3) is 0 Å². The number of para-hydroxylation sites is 1. The number of nitrogens with zero attached hydrogens (tertiary/aromatic N) is 5. The molecule has 0 atom stereocenters. The van der Waals surface area contributed by atoms with Crippen molar-refractivity contribution in [2.24, 2.45) is 5.10 Å². The van der Waals surface area contributed by atoms with Gasteiger partial charge in [0.15, 0.2) is 0 Å². The van der Waals surface area contributed by atoms with Gasteiger partial charge in [-0.1, -0.05) is 35.9 Å². The summed E-state index contributed by atoms with van der Waals surface area (Å²) in [6, 6.07) is 24.2. The molecule has 1 aliphatic rings. The van der Waals surface area contributed by atoms with Crippen LogP contribution in [0.4, 0.5) is 23.5 Å². The first kappa shape index (κ1) is 24.9. The highest BCUT2D eigenvalue weighted by molar-refractivity contribution is 5.91. The molecule has 0 aliphatic carbocycles. The molecule has 3 aromatic carbocycles. The average Bonchev–Trinajstić information content (AvgIpc) is 2.95. The van der Waals surface area contributed by atoms with Gasteiger partial charge in [-0.25, -0.2) is 10.2 Å². The molecular weight excluding hydrogens is 478 g/mol. The number of benzene rings is 3. The van der Waals surface area contributed by atoms with E-state index in [4.69, 9.17) is 4.74 Å². The fraction of sp³-hybridized carbons (Fsp3) is 0.207. The number of rotatable bonds is 8. The summed E-state index contributed by atoms with van der Waals surface area (Å²) in [5.74, 6) is 1.48. The van der Waals surface area contributed by atoms with Gasteiger partial charge in [-0.15, -0.1) is 0 Å². The topological polar surface area (TPSA) is 105 Å². The van der Waals surface area contributed by atoms with Crippen LogP contribution in [0.1, 0.15) is 40.7 Å². The molecule has 9 heteroatoms. The standard InChI is InChI=1S/C29H29N7O2/c1-21-9-8-10-23(19-21)26(37)38-25-15-13-22(14-16-25)20-30-35-28-32-27(31-24-11-4-2-5-12-24)33-29(34-28)36-17-6-3-7-18-36/h2,4-5,8-16,19-20H,3,6-7,17-18H2,1H3,(H2,31,32,33,34,35). The largest absolute Gasteiger partial charge is 0.423 e. The van der Waals surface area contributed by atoms with E-state index in [1.807, 2.05) is 61.5 Å². The first-order valence-electron chi connectivity index (χ1n) is 12.6. The molecular formula is C29H29N7O2. The van der Waals surface area contributed by atoms with Gasteiger partial charge >= 0.3 is 5.97 Å². The minimum absolute atomic E-state index is 0.346. The van der Waals surface area contributed by atoms with E-state index in [9.17, 15) is 4.79 Å². The Balaban J connectivity index is 1.26. The summed E-state index contributed by atoms with van der Waals surface area (Å²) < 4.78 is 5.48. The molecule has 2 N–H and O–H groups in total. The second kappa shape index (κ2) is 12.0. The van der Waals surface area contributed by atoms with Crippen LogP contribution < -0.4 is 20.4 Å². The summed E-state index contributed by atoms with van der Waals surface area (Å²) in [5.41, 5.74) is 6.16. The average molecular weight is 508 g/mol. The van der Waals surface area contributed by atoms with E-state index >= 15 is 0 Å². The second-order valence-corrected chi connectivity index (χ2v) is 9.02. The van der Waals surface area contributed by atoms with Gasteiger partial charge in [-0.2, -0.15) is 20.1 Å². The maximum absolute atomic E-state index is 12.4. The Labute approximate surface area is 221 Å². The molecule has 0 amide bonds. The number of carbonyl (C=O) groups is 1. The van der Waals surface area contributed by atoms with Gasteiger partial charge in [0, 0.05) is 18.8 Å². The lowest BCUT2D eigenvalue weighted by molar-refractivity contribution is 0.0734. The zero-order valence-corrected chi connectivity index (χ0v) is 21.2. The summed E-state index contributed by atoms with van der Waals surface area (Å²) in [6.07, 6.45) is 5.10. The Hall–Kier alpha value is -4.79. The van der Waals surface area contributed by atoms with Gasteiger partial charge in [0.1, 0.15) is 5.75 Å². The van der Waals surface area contributed by atoms with Crippen LogP contribution in [0.3, 0.4) is 0 Å². The number of piperidine rings is 1. The third kappa shape index (κ3) is 6.70. The van der Waals surface area contributed by atoms with E-state index in [1.165, 1.54) is 6.42 Å². The zero-order valence-electron chi connectivity index (χ0n) is 21.2. The highest BCUT2D eigenvalue weighted by Crippen LogP contribution is 2.21. The molecule has 38 heavy (non-hydrogen) atoms. The maximum atomic E-state index is 12.4. The summed E-state index contributed by atoms with van der Waals surface area (Å²) in [4.78, 5) is 28.3. The van der Waals surface area contributed by atoms with Crippen LogP contribution in [0.2, 0.25) is 0 Å². The Morgan fingerprint density at radius 3 is 2.42 bits per heavy atom. The summed E-state index contributed by atoms with van der Waals surface area (Å²) in [7, 11) is 0. The molecule has 1 saturated heterocycles. The number of esters is 1. The number of hydrazone groups is 1. The molecule has 1 fully saturated rings. The summed E-state index contributed by atoms with van der Waals surface area (Å²) in [6.45, 7) is 3.77. The highest BCUT2D eigenvalue weighted by Gasteiger charge is 2.16. The van der Waals surface area contributed by atoms with Crippen molar-refractivity contribution in [3.05, 3.63) is 95.6 Å². The first-order valence-corrected chi connectivity index (χ1v) is 12.6. The van der Waals surface area contributed by atoms with Crippen LogP contribution in [0.15, 0.2) is 84.0 Å². The van der Waals surface area contributed by atoms with Crippen molar-refractivity contribution in [1.29, 1.82) is 0 Å². The Bertz CT molecular complexity index is 1400. The maximum Gasteiger partial charge on any atom is 0.343 e. The van der Waals surface area contributed by atoms with Crippen LogP contribution >= 0.6 is 0 Å². The second-order valence-electron chi connectivity index (χ2n) is 9.02. The van der Waals surface area contributed by atoms with Gasteiger partial charge in [0.05, 0.1) is 11.8 Å². The smallest absolute Gasteiger partial charge is 0.343 e. The highest BCUT2D eigenvalue weighted by atomic mass is 16.5. The Morgan fingerprint density at radius 2 is 1.66 bits per heavy atom. The van der Waals surface area contributed by atoms with Crippen molar-refractivity contribution in [1.82, 2.24) is 15.0 Å². The lowest BCUT2D eigenvalue weighted by atomic mass is 10.1. The predicted molar refractivity (Wildman–Crippen MR) is 149 cm³/mol. The molecule has 192 valence electrons. The van der Waals surface area contributed by atoms with Crippen molar-refractivity contribution in [2.75, 3.05) is 28.7 Å². The number of hydrogen-bond acceptors (Lipinski definition) is 9. The number of hydrogen-bond donors (Lipinski definition) is 2. The van der Waals surface area contributed by atoms with Crippen molar-refractivity contribution in [3.63, 3.8) is 0 Å². The molecule has 0 bridgehead atoms. The van der Waals surface area contributed by atoms with Crippen LogP contribution in [0.5, 0.6) is 5.75 Å². The fourth-order valence-electron chi connectivity index (χ4n) is 4.08. The van der Waals surface area contributed by atoms with Crippen LogP contribution in [0.25, 0.3) is 0 Å². The van der Waals surface area contributed by atoms with Gasteiger partial charge < -0.3 is 15.0 Å². The first-order chi connectivity index (χ1) is 18.6. The summed E-state index contributed by atoms with van der Waals surface area (Å²) >= 11 is 0. The quantitative estimate of drug-likeness (QED) is 0.138. The molecule has 9 nitrogen and oxygen atoms in total. The van der Waals surface area contributed by atoms with Crippen molar-refractivity contribution >= 4 is 35.7 Å². The van der Waals surface area contributed by atoms with Gasteiger partial charge in [0.2, 0.25) is 17.8 Å². The van der Waals surface area contributed by atoms with Crippen LogP contribution in [-0.2, 0) is 0 Å². The lowest BCUT2D eigenvalue weighted by Crippen LogP contribution is -2.31. The third-order valence-corrected chi connectivity index (χ3v) is 6.02. The monoisotopic (exact) mass is 507 g/mol. The Morgan fingerprint density at radius 1 is 0.895 bits per heavy atom. The van der Waals surface area contributed by atoms with E-state index in [2.05, 4.69) is 35.7 Å². The fourth-order valence-corrected chi connectivity index (χ4v) is 4.08. The molecule has 0 unspecified atom stereocenters. The van der Waals surface area contributed by atoms with E-state index in [0.29, 0.717) is 29.2 Å². The number of aryl methyl sites for hydroxylation is 1. The van der Waals surface area contributed by atoms with E-state index < -0.39 is 5.97 Å². The molecule has 2 heterocycles. The predicted octanol–water partition coefficient (Wildman–Crippen LogP) is 5.58. The molecule has 1 aromatic heterocycles. The molecule has 0 radical (unpaired) electrons. The number of aromatic nitrogens is 3. The van der Waals surface area contributed by atoms with Crippen molar-refractivity contribution in [2.45, 2.75) is 26.2 Å². The minimum Gasteiger partial charge on any atom is -0.423 e. The van der Waals surface area contributed by atoms with E-state index in [0.717, 1.165) is 42.7 Å². The van der Waals surface area contributed by atoms with E-state index in [1.54, 1.807) is 30.5 Å². The number of ether oxygens (including phenoxy) is 1. The van der Waals surface area contributed by atoms with Crippen LogP contribution in [-0.4, -0.2) is 40.2 Å². The van der Waals surface area contributed by atoms with Gasteiger partial charge in [-0.3, -0.25) is 0 Å². The third-order valence-electron chi connectivity index (χ3n) is 6.02. The summed E-state index contributed by atoms with van der Waals surface area (Å²) in [5, 5.41) is 7.56. The molecule has 4 aromatic rings. The van der Waals surface area contributed by atoms with Crippen LogP contribution in [0, 0.1) is 6.92 Å². The van der Waals surface area contributed by atoms with Gasteiger partial charge in [-0.05, 0) is 80.3 Å². The van der Waals surface area contributed by atoms with E-state index in [-0.39, 0.29) is 0 Å². The van der Waals surface area contributed by atoms with Crippen molar-refractivity contribution in [3.8, 4) is 5.75 Å². The number of carbonyl (C=O) groups excluding carboxylic acids is 1. The number of nitrogens with one attached hydrogen (secondary N) is 2. The SMILES string of the molecule is Cc1cccc(C(=O)Oc2ccc(C=NNc3nc(Nc4ccccc4)nc(N4CCCCC4)n3)cc2)c1. The Kier molecular flexibility index (Phi) is 7.83. The molecule has 0 spiro atoms. The molecule has 1 aliphatic heterocycles. The molecule has 5 rings (SSSR count). The zero-order chi connectivity index (χ0) is 26.2. The minimum atomic E-state index is -0.393. The lowest BCUT2D eigenvalue weighted by Gasteiger charge is -2.26. The normalized spacial score (nSPS) is 13.3. The van der Waals surface area contributed by atoms with Crippen molar-refractivity contribution < 1.29 is 9.53 Å².